The van der Waals surface area contributed by atoms with Gasteiger partial charge in [-0.2, -0.15) is 0 Å². The largest absolute Gasteiger partial charge is 0.463 e. The Kier molecular flexibility index (Phi) is 4.54. The summed E-state index contributed by atoms with van der Waals surface area (Å²) < 4.78 is 5.23. The SMILES string of the molecule is C[NH+](CC(=O)Nc1sccc1C(N)=O)Cc1ccco1. The van der Waals surface area contributed by atoms with Crippen molar-refractivity contribution in [1.82, 2.24) is 0 Å². The second-order valence-electron chi connectivity index (χ2n) is 4.47. The second kappa shape index (κ2) is 6.36. The maximum Gasteiger partial charge on any atom is 0.280 e. The molecule has 6 nitrogen and oxygen atoms in total. The van der Waals surface area contributed by atoms with E-state index in [1.54, 1.807) is 17.7 Å². The average Bonchev–Trinajstić information content (AvgIpc) is 2.99. The van der Waals surface area contributed by atoms with E-state index in [0.29, 0.717) is 17.1 Å². The lowest BCUT2D eigenvalue weighted by molar-refractivity contribution is -0.886. The number of carbonyl (C=O) groups excluding carboxylic acids is 2. The van der Waals surface area contributed by atoms with Gasteiger partial charge in [-0.3, -0.25) is 9.59 Å². The maximum absolute atomic E-state index is 11.9. The highest BCUT2D eigenvalue weighted by Gasteiger charge is 2.16. The van der Waals surface area contributed by atoms with Crippen LogP contribution in [0.25, 0.3) is 0 Å². The number of quaternary nitrogens is 1. The molecule has 2 aromatic rings. The molecule has 0 aliphatic heterocycles. The summed E-state index contributed by atoms with van der Waals surface area (Å²) in [6.45, 7) is 0.893. The maximum atomic E-state index is 11.9. The van der Waals surface area contributed by atoms with E-state index >= 15 is 0 Å². The molecule has 4 N–H and O–H groups in total. The summed E-state index contributed by atoms with van der Waals surface area (Å²) in [6, 6.07) is 5.28. The highest BCUT2D eigenvalue weighted by atomic mass is 32.1. The number of primary amides is 1. The van der Waals surface area contributed by atoms with Crippen molar-refractivity contribution in [3.8, 4) is 0 Å². The Labute approximate surface area is 120 Å². The van der Waals surface area contributed by atoms with E-state index in [-0.39, 0.29) is 12.5 Å². The summed E-state index contributed by atoms with van der Waals surface area (Å²) in [7, 11) is 1.89. The molecule has 1 unspecified atom stereocenters. The van der Waals surface area contributed by atoms with Gasteiger partial charge < -0.3 is 20.4 Å². The molecule has 0 saturated heterocycles. The van der Waals surface area contributed by atoms with Gasteiger partial charge in [0.25, 0.3) is 11.8 Å². The molecular formula is C13H16N3O3S+. The smallest absolute Gasteiger partial charge is 0.280 e. The first-order valence-electron chi connectivity index (χ1n) is 6.07. The zero-order chi connectivity index (χ0) is 14.5. The Balaban J connectivity index is 1.89. The minimum atomic E-state index is -0.544. The van der Waals surface area contributed by atoms with Crippen LogP contribution in [0.3, 0.4) is 0 Å². The van der Waals surface area contributed by atoms with Crippen molar-refractivity contribution in [2.75, 3.05) is 18.9 Å². The molecule has 2 amide bonds. The Bertz CT molecular complexity index is 592. The van der Waals surface area contributed by atoms with Crippen molar-refractivity contribution in [3.05, 3.63) is 41.2 Å². The van der Waals surface area contributed by atoms with Crippen LogP contribution in [-0.4, -0.2) is 25.4 Å². The van der Waals surface area contributed by atoms with Crippen LogP contribution in [0.4, 0.5) is 5.00 Å². The molecule has 0 aliphatic carbocycles. The Morgan fingerprint density at radius 2 is 2.25 bits per heavy atom. The molecule has 106 valence electrons. The van der Waals surface area contributed by atoms with Gasteiger partial charge in [-0.05, 0) is 23.6 Å². The Morgan fingerprint density at radius 3 is 2.90 bits per heavy atom. The quantitative estimate of drug-likeness (QED) is 0.705. The van der Waals surface area contributed by atoms with Crippen molar-refractivity contribution in [2.45, 2.75) is 6.54 Å². The number of nitrogens with two attached hydrogens (primary N) is 1. The molecule has 0 aromatic carbocycles. The van der Waals surface area contributed by atoms with Gasteiger partial charge in [0.2, 0.25) is 0 Å². The van der Waals surface area contributed by atoms with Crippen LogP contribution < -0.4 is 16.0 Å². The fourth-order valence-electron chi connectivity index (χ4n) is 1.82. The lowest BCUT2D eigenvalue weighted by Gasteiger charge is -2.12. The Hall–Kier alpha value is -2.12. The van der Waals surface area contributed by atoms with Crippen molar-refractivity contribution < 1.29 is 18.9 Å². The number of hydrogen-bond acceptors (Lipinski definition) is 4. The van der Waals surface area contributed by atoms with Crippen molar-refractivity contribution in [3.63, 3.8) is 0 Å². The molecule has 2 heterocycles. The highest BCUT2D eigenvalue weighted by Crippen LogP contribution is 2.22. The number of thiophene rings is 1. The third-order valence-corrected chi connectivity index (χ3v) is 3.53. The van der Waals surface area contributed by atoms with E-state index in [0.717, 1.165) is 10.7 Å². The zero-order valence-corrected chi connectivity index (χ0v) is 11.8. The lowest BCUT2D eigenvalue weighted by Crippen LogP contribution is -3.08. The van der Waals surface area contributed by atoms with Crippen LogP contribution in [0.5, 0.6) is 0 Å². The number of likely N-dealkylation sites (N-methyl/N-ethyl adjacent to an activating group) is 1. The molecule has 0 spiro atoms. The van der Waals surface area contributed by atoms with Crippen LogP contribution in [0.2, 0.25) is 0 Å². The van der Waals surface area contributed by atoms with Crippen LogP contribution in [0, 0.1) is 0 Å². The third-order valence-electron chi connectivity index (χ3n) is 2.70. The van der Waals surface area contributed by atoms with Crippen molar-refractivity contribution >= 4 is 28.2 Å². The molecule has 0 radical (unpaired) electrons. The van der Waals surface area contributed by atoms with Gasteiger partial charge in [-0.15, -0.1) is 11.3 Å². The molecule has 0 aliphatic rings. The first-order valence-corrected chi connectivity index (χ1v) is 6.95. The Morgan fingerprint density at radius 1 is 1.45 bits per heavy atom. The summed E-state index contributed by atoms with van der Waals surface area (Å²) >= 11 is 1.28. The van der Waals surface area contributed by atoms with Crippen LogP contribution in [0.15, 0.2) is 34.3 Å². The number of furan rings is 1. The van der Waals surface area contributed by atoms with Crippen LogP contribution >= 0.6 is 11.3 Å². The minimum Gasteiger partial charge on any atom is -0.463 e. The highest BCUT2D eigenvalue weighted by molar-refractivity contribution is 7.14. The third kappa shape index (κ3) is 3.69. The zero-order valence-electron chi connectivity index (χ0n) is 11.0. The summed E-state index contributed by atoms with van der Waals surface area (Å²) in [5.74, 6) is 0.112. The summed E-state index contributed by atoms with van der Waals surface area (Å²) in [6.07, 6.45) is 1.60. The predicted octanol–water partition coefficient (Wildman–Crippen LogP) is 0.0934. The fraction of sp³-hybridized carbons (Fsp3) is 0.231. The number of nitrogens with one attached hydrogen (secondary N) is 2. The summed E-state index contributed by atoms with van der Waals surface area (Å²) in [4.78, 5) is 24.1. The molecule has 2 rings (SSSR count). The summed E-state index contributed by atoms with van der Waals surface area (Å²) in [5, 5.41) is 4.92. The molecule has 20 heavy (non-hydrogen) atoms. The van der Waals surface area contributed by atoms with E-state index in [2.05, 4.69) is 5.32 Å². The number of anilines is 1. The molecule has 1 atom stereocenters. The van der Waals surface area contributed by atoms with E-state index in [9.17, 15) is 9.59 Å². The standard InChI is InChI=1S/C13H15N3O3S/c1-16(7-9-3-2-5-19-9)8-11(17)15-13-10(12(14)18)4-6-20-13/h2-6H,7-8H2,1H3,(H2,14,18)(H,15,17)/p+1. The van der Waals surface area contributed by atoms with Gasteiger partial charge in [-0.25, -0.2) is 0 Å². The monoisotopic (exact) mass is 294 g/mol. The number of amides is 2. The van der Waals surface area contributed by atoms with Gasteiger partial charge in [0.05, 0.1) is 18.9 Å². The van der Waals surface area contributed by atoms with Crippen molar-refractivity contribution in [2.24, 2.45) is 5.73 Å². The van der Waals surface area contributed by atoms with Crippen LogP contribution in [0.1, 0.15) is 16.1 Å². The number of hydrogen-bond donors (Lipinski definition) is 3. The summed E-state index contributed by atoms with van der Waals surface area (Å²) in [5.41, 5.74) is 5.57. The van der Waals surface area contributed by atoms with E-state index in [4.69, 9.17) is 10.2 Å². The van der Waals surface area contributed by atoms with Gasteiger partial charge >= 0.3 is 0 Å². The van der Waals surface area contributed by atoms with Gasteiger partial charge in [-0.1, -0.05) is 0 Å². The second-order valence-corrected chi connectivity index (χ2v) is 5.38. The van der Waals surface area contributed by atoms with Gasteiger partial charge in [0.1, 0.15) is 11.5 Å². The number of rotatable bonds is 6. The lowest BCUT2D eigenvalue weighted by atomic mass is 10.3. The fourth-order valence-corrected chi connectivity index (χ4v) is 2.63. The van der Waals surface area contributed by atoms with Gasteiger partial charge in [0, 0.05) is 0 Å². The van der Waals surface area contributed by atoms with E-state index in [1.165, 1.54) is 11.3 Å². The molecule has 0 fully saturated rings. The molecule has 2 aromatic heterocycles. The van der Waals surface area contributed by atoms with Crippen LogP contribution in [-0.2, 0) is 11.3 Å². The molecule has 0 bridgehead atoms. The average molecular weight is 294 g/mol. The van der Waals surface area contributed by atoms with Crippen molar-refractivity contribution in [1.29, 1.82) is 0 Å². The molecular weight excluding hydrogens is 278 g/mol. The first kappa shape index (κ1) is 14.3. The first-order chi connectivity index (χ1) is 9.56. The van der Waals surface area contributed by atoms with E-state index in [1.807, 2.05) is 19.2 Å². The molecule has 7 heteroatoms. The van der Waals surface area contributed by atoms with E-state index < -0.39 is 5.91 Å². The normalized spacial score (nSPS) is 12.1. The molecule has 0 saturated carbocycles. The van der Waals surface area contributed by atoms with Gasteiger partial charge in [0.15, 0.2) is 12.3 Å². The number of carbonyl (C=O) groups is 2. The predicted molar refractivity (Wildman–Crippen MR) is 75.6 cm³/mol. The topological polar surface area (TPSA) is 89.8 Å². The minimum absolute atomic E-state index is 0.168.